The number of ether oxygens (including phenoxy) is 1. The topological polar surface area (TPSA) is 68.1 Å². The molecule has 0 aliphatic carbocycles. The third-order valence-corrected chi connectivity index (χ3v) is 2.35. The van der Waals surface area contributed by atoms with E-state index in [4.69, 9.17) is 22.1 Å². The third-order valence-electron chi connectivity index (χ3n) is 2.04. The normalized spacial score (nSPS) is 10.1. The zero-order chi connectivity index (χ0) is 11.5. The van der Waals surface area contributed by atoms with Crippen molar-refractivity contribution >= 4 is 23.4 Å². The molecule has 2 rings (SSSR count). The molecule has 0 saturated carbocycles. The molecule has 0 unspecified atom stereocenters. The second kappa shape index (κ2) is 4.28. The van der Waals surface area contributed by atoms with Crippen molar-refractivity contribution in [1.29, 1.82) is 0 Å². The first-order valence-electron chi connectivity index (χ1n) is 4.58. The molecule has 0 saturated heterocycles. The minimum atomic E-state index is -0.535. The average Bonchev–Trinajstić information content (AvgIpc) is 2.68. The molecule has 0 aliphatic heterocycles. The maximum Gasteiger partial charge on any atom is 0.347 e. The number of benzene rings is 1. The largest absolute Gasteiger partial charge is 0.421 e. The molecule has 0 aliphatic rings. The average molecular weight is 237 g/mol. The number of nitrogen functional groups attached to an aromatic ring is 1. The van der Waals surface area contributed by atoms with Gasteiger partial charge in [0.25, 0.3) is 0 Å². The maximum absolute atomic E-state index is 11.7. The highest BCUT2D eigenvalue weighted by atomic mass is 35.5. The first-order valence-corrected chi connectivity index (χ1v) is 4.96. The molecule has 3 N–H and O–H groups in total. The van der Waals surface area contributed by atoms with Crippen molar-refractivity contribution in [1.82, 2.24) is 4.98 Å². The fourth-order valence-electron chi connectivity index (χ4n) is 1.24. The summed E-state index contributed by atoms with van der Waals surface area (Å²) in [4.78, 5) is 14.4. The van der Waals surface area contributed by atoms with Crippen molar-refractivity contribution in [3.05, 3.63) is 47.1 Å². The molecular weight excluding hydrogens is 228 g/mol. The zero-order valence-corrected chi connectivity index (χ0v) is 8.99. The van der Waals surface area contributed by atoms with Crippen LogP contribution in [0.3, 0.4) is 0 Å². The Labute approximate surface area is 97.0 Å². The van der Waals surface area contributed by atoms with E-state index in [1.54, 1.807) is 36.5 Å². The number of carbonyl (C=O) groups is 1. The van der Waals surface area contributed by atoms with E-state index in [-0.39, 0.29) is 5.82 Å². The number of esters is 1. The lowest BCUT2D eigenvalue weighted by atomic mass is 10.3. The van der Waals surface area contributed by atoms with Crippen molar-refractivity contribution < 1.29 is 9.53 Å². The SMILES string of the molecule is Nc1[nH]ccc1C(=O)Oc1ccccc1Cl. The molecule has 0 amide bonds. The van der Waals surface area contributed by atoms with Crippen LogP contribution >= 0.6 is 11.6 Å². The predicted molar refractivity (Wildman–Crippen MR) is 61.6 cm³/mol. The molecule has 1 aromatic heterocycles. The van der Waals surface area contributed by atoms with Crippen LogP contribution in [-0.2, 0) is 0 Å². The van der Waals surface area contributed by atoms with Crippen LogP contribution in [0.1, 0.15) is 10.4 Å². The molecular formula is C11H9ClN2O2. The summed E-state index contributed by atoms with van der Waals surface area (Å²) in [5.41, 5.74) is 5.84. The number of nitrogens with one attached hydrogen (secondary N) is 1. The van der Waals surface area contributed by atoms with Crippen LogP contribution in [0.25, 0.3) is 0 Å². The third kappa shape index (κ3) is 2.01. The Morgan fingerprint density at radius 1 is 1.31 bits per heavy atom. The van der Waals surface area contributed by atoms with Gasteiger partial charge in [0.1, 0.15) is 17.1 Å². The Bertz CT molecular complexity index is 522. The summed E-state index contributed by atoms with van der Waals surface area (Å²) in [7, 11) is 0. The Balaban J connectivity index is 2.21. The van der Waals surface area contributed by atoms with Gasteiger partial charge in [0.2, 0.25) is 0 Å². The first kappa shape index (κ1) is 10.6. The number of nitrogens with two attached hydrogens (primary N) is 1. The van der Waals surface area contributed by atoms with Crippen LogP contribution in [-0.4, -0.2) is 11.0 Å². The van der Waals surface area contributed by atoms with Gasteiger partial charge in [0.05, 0.1) is 5.02 Å². The standard InChI is InChI=1S/C11H9ClN2O2/c12-8-3-1-2-4-9(8)16-11(15)7-5-6-14-10(7)13/h1-6,14H,13H2. The van der Waals surface area contributed by atoms with Crippen molar-refractivity contribution in [2.24, 2.45) is 0 Å². The molecule has 1 aromatic carbocycles. The lowest BCUT2D eigenvalue weighted by Crippen LogP contribution is -2.10. The number of aromatic nitrogens is 1. The molecule has 4 nitrogen and oxygen atoms in total. The lowest BCUT2D eigenvalue weighted by molar-refractivity contribution is 0.0736. The number of halogens is 1. The Morgan fingerprint density at radius 2 is 2.06 bits per heavy atom. The van der Waals surface area contributed by atoms with Crippen molar-refractivity contribution in [3.63, 3.8) is 0 Å². The van der Waals surface area contributed by atoms with E-state index in [1.165, 1.54) is 0 Å². The smallest absolute Gasteiger partial charge is 0.347 e. The van der Waals surface area contributed by atoms with E-state index in [1.807, 2.05) is 0 Å². The fourth-order valence-corrected chi connectivity index (χ4v) is 1.42. The Kier molecular flexibility index (Phi) is 2.83. The molecule has 1 heterocycles. The Hall–Kier alpha value is -1.94. The summed E-state index contributed by atoms with van der Waals surface area (Å²) in [5, 5.41) is 0.380. The van der Waals surface area contributed by atoms with Crippen LogP contribution in [0.4, 0.5) is 5.82 Å². The number of anilines is 1. The van der Waals surface area contributed by atoms with E-state index in [2.05, 4.69) is 4.98 Å². The van der Waals surface area contributed by atoms with Gasteiger partial charge in [-0.05, 0) is 18.2 Å². The van der Waals surface area contributed by atoms with Crippen LogP contribution in [0.2, 0.25) is 5.02 Å². The zero-order valence-electron chi connectivity index (χ0n) is 8.24. The minimum Gasteiger partial charge on any atom is -0.421 e. The van der Waals surface area contributed by atoms with Crippen LogP contribution in [0.15, 0.2) is 36.5 Å². The number of hydrogen-bond donors (Lipinski definition) is 2. The highest BCUT2D eigenvalue weighted by molar-refractivity contribution is 6.32. The molecule has 2 aromatic rings. The van der Waals surface area contributed by atoms with Crippen molar-refractivity contribution in [3.8, 4) is 5.75 Å². The monoisotopic (exact) mass is 236 g/mol. The van der Waals surface area contributed by atoms with Gasteiger partial charge in [-0.3, -0.25) is 0 Å². The van der Waals surface area contributed by atoms with Gasteiger partial charge < -0.3 is 15.5 Å². The molecule has 0 bridgehead atoms. The van der Waals surface area contributed by atoms with E-state index >= 15 is 0 Å². The van der Waals surface area contributed by atoms with E-state index in [0.717, 1.165) is 0 Å². The molecule has 5 heteroatoms. The van der Waals surface area contributed by atoms with Gasteiger partial charge in [-0.1, -0.05) is 23.7 Å². The minimum absolute atomic E-state index is 0.275. The fraction of sp³-hybridized carbons (Fsp3) is 0. The molecule has 0 radical (unpaired) electrons. The summed E-state index contributed by atoms with van der Waals surface area (Å²) in [6, 6.07) is 8.29. The maximum atomic E-state index is 11.7. The van der Waals surface area contributed by atoms with Gasteiger partial charge in [0.15, 0.2) is 0 Å². The van der Waals surface area contributed by atoms with Gasteiger partial charge in [-0.25, -0.2) is 4.79 Å². The molecule has 82 valence electrons. The molecule has 0 spiro atoms. The number of carbonyl (C=O) groups excluding carboxylic acids is 1. The summed E-state index contributed by atoms with van der Waals surface area (Å²) in [5.74, 6) is 0.0543. The lowest BCUT2D eigenvalue weighted by Gasteiger charge is -2.04. The highest BCUT2D eigenvalue weighted by Gasteiger charge is 2.14. The first-order chi connectivity index (χ1) is 7.68. The van der Waals surface area contributed by atoms with Crippen LogP contribution < -0.4 is 10.5 Å². The van der Waals surface area contributed by atoms with Crippen LogP contribution in [0, 0.1) is 0 Å². The number of para-hydroxylation sites is 1. The van der Waals surface area contributed by atoms with E-state index < -0.39 is 5.97 Å². The van der Waals surface area contributed by atoms with E-state index in [0.29, 0.717) is 16.3 Å². The van der Waals surface area contributed by atoms with Gasteiger partial charge in [-0.15, -0.1) is 0 Å². The van der Waals surface area contributed by atoms with Gasteiger partial charge in [0, 0.05) is 6.20 Å². The summed E-state index contributed by atoms with van der Waals surface area (Å²) in [6.07, 6.45) is 1.57. The van der Waals surface area contributed by atoms with Crippen molar-refractivity contribution in [2.45, 2.75) is 0 Å². The van der Waals surface area contributed by atoms with Crippen molar-refractivity contribution in [2.75, 3.05) is 5.73 Å². The summed E-state index contributed by atoms with van der Waals surface area (Å²) in [6.45, 7) is 0. The number of rotatable bonds is 2. The number of H-pyrrole nitrogens is 1. The quantitative estimate of drug-likeness (QED) is 0.622. The second-order valence-electron chi connectivity index (χ2n) is 3.12. The molecule has 0 fully saturated rings. The Morgan fingerprint density at radius 3 is 2.69 bits per heavy atom. The van der Waals surface area contributed by atoms with Gasteiger partial charge >= 0.3 is 5.97 Å². The highest BCUT2D eigenvalue weighted by Crippen LogP contribution is 2.24. The molecule has 16 heavy (non-hydrogen) atoms. The van der Waals surface area contributed by atoms with Crippen LogP contribution in [0.5, 0.6) is 5.75 Å². The summed E-state index contributed by atoms with van der Waals surface area (Å²) < 4.78 is 5.10. The molecule has 0 atom stereocenters. The van der Waals surface area contributed by atoms with E-state index in [9.17, 15) is 4.79 Å². The predicted octanol–water partition coefficient (Wildman–Crippen LogP) is 2.47. The number of hydrogen-bond acceptors (Lipinski definition) is 3. The number of aromatic amines is 1. The van der Waals surface area contributed by atoms with Gasteiger partial charge in [-0.2, -0.15) is 0 Å². The summed E-state index contributed by atoms with van der Waals surface area (Å²) >= 11 is 5.85. The second-order valence-corrected chi connectivity index (χ2v) is 3.53.